The van der Waals surface area contributed by atoms with Crippen molar-refractivity contribution in [2.45, 2.75) is 31.3 Å². The van der Waals surface area contributed by atoms with Crippen molar-refractivity contribution in [2.24, 2.45) is 0 Å². The number of nitrogens with one attached hydrogen (secondary N) is 1. The molecular formula is C48H39N5. The van der Waals surface area contributed by atoms with Crippen molar-refractivity contribution in [3.63, 3.8) is 0 Å². The maximum Gasteiger partial charge on any atom is 0.163 e. The summed E-state index contributed by atoms with van der Waals surface area (Å²) in [7, 11) is 0. The Kier molecular flexibility index (Phi) is 8.66. The van der Waals surface area contributed by atoms with Crippen LogP contribution in [0.4, 0.5) is 17.1 Å². The molecular weight excluding hydrogens is 647 g/mol. The summed E-state index contributed by atoms with van der Waals surface area (Å²) in [4.78, 5) is 17.7. The maximum atomic E-state index is 5.15. The lowest BCUT2D eigenvalue weighted by Gasteiger charge is -2.27. The van der Waals surface area contributed by atoms with E-state index in [1.807, 2.05) is 36.4 Å². The van der Waals surface area contributed by atoms with Gasteiger partial charge in [-0.25, -0.2) is 15.0 Å². The van der Waals surface area contributed by atoms with Crippen molar-refractivity contribution in [2.75, 3.05) is 10.2 Å². The first-order valence-electron chi connectivity index (χ1n) is 18.4. The standard InChI is InChI=1S/C48H39N5/c1-2-45-49-43-27-15-16-28-44(43)53(45)36-31-29-33(30-32-36)37-21-9-10-22-38(37)39-23-11-12-24-40(39)41-25-13-14-26-42(41)48-51-46(34-17-5-3-6-18-34)50-47(52-48)35-19-7-4-8-20-35/h3-32,41-42,45,49H,2H2,1H3. The molecule has 0 amide bonds. The van der Waals surface area contributed by atoms with Crippen LogP contribution in [0.5, 0.6) is 0 Å². The molecule has 0 fully saturated rings. The highest BCUT2D eigenvalue weighted by molar-refractivity contribution is 5.87. The van der Waals surface area contributed by atoms with E-state index in [2.05, 4.69) is 163 Å². The van der Waals surface area contributed by atoms with Crippen LogP contribution >= 0.6 is 0 Å². The summed E-state index contributed by atoms with van der Waals surface area (Å²) in [5.41, 5.74) is 11.5. The Morgan fingerprint density at radius 1 is 0.509 bits per heavy atom. The average molecular weight is 686 g/mol. The molecule has 0 radical (unpaired) electrons. The highest BCUT2D eigenvalue weighted by atomic mass is 15.3. The molecule has 9 rings (SSSR count). The van der Waals surface area contributed by atoms with E-state index in [0.717, 1.165) is 23.4 Å². The fourth-order valence-electron chi connectivity index (χ4n) is 7.75. The van der Waals surface area contributed by atoms with Gasteiger partial charge in [0.1, 0.15) is 12.0 Å². The normalized spacial score (nSPS) is 17.4. The molecule has 1 aliphatic carbocycles. The Morgan fingerprint density at radius 2 is 1.08 bits per heavy atom. The molecule has 3 atom stereocenters. The minimum absolute atomic E-state index is 0.00925. The van der Waals surface area contributed by atoms with Crippen molar-refractivity contribution in [3.05, 3.63) is 193 Å². The lowest BCUT2D eigenvalue weighted by molar-refractivity contribution is 0.679. The Bertz CT molecular complexity index is 2380. The Balaban J connectivity index is 1.10. The van der Waals surface area contributed by atoms with Gasteiger partial charge in [-0.1, -0.05) is 165 Å². The number of allylic oxidation sites excluding steroid dienone is 4. The number of para-hydroxylation sites is 2. The molecule has 2 aliphatic rings. The van der Waals surface area contributed by atoms with Gasteiger partial charge in [-0.05, 0) is 58.5 Å². The number of benzene rings is 6. The van der Waals surface area contributed by atoms with Crippen molar-refractivity contribution < 1.29 is 0 Å². The quantitative estimate of drug-likeness (QED) is 0.173. The minimum atomic E-state index is -0.0935. The molecule has 5 nitrogen and oxygen atoms in total. The maximum absolute atomic E-state index is 5.15. The number of rotatable bonds is 8. The van der Waals surface area contributed by atoms with E-state index in [-0.39, 0.29) is 18.0 Å². The van der Waals surface area contributed by atoms with Crippen LogP contribution < -0.4 is 10.2 Å². The summed E-state index contributed by atoms with van der Waals surface area (Å²) in [6, 6.07) is 55.5. The Labute approximate surface area is 311 Å². The van der Waals surface area contributed by atoms with Gasteiger partial charge in [-0.2, -0.15) is 0 Å². The van der Waals surface area contributed by atoms with E-state index in [0.29, 0.717) is 11.6 Å². The van der Waals surface area contributed by atoms with Crippen molar-refractivity contribution >= 4 is 17.1 Å². The summed E-state index contributed by atoms with van der Waals surface area (Å²) >= 11 is 0. The zero-order chi connectivity index (χ0) is 35.6. The number of hydrogen-bond acceptors (Lipinski definition) is 5. The largest absolute Gasteiger partial charge is 0.363 e. The third-order valence-corrected chi connectivity index (χ3v) is 10.3. The van der Waals surface area contributed by atoms with Gasteiger partial charge in [-0.3, -0.25) is 0 Å². The van der Waals surface area contributed by atoms with Crippen molar-refractivity contribution in [1.29, 1.82) is 0 Å². The Morgan fingerprint density at radius 3 is 1.75 bits per heavy atom. The number of fused-ring (bicyclic) bond motifs is 1. The lowest BCUT2D eigenvalue weighted by atomic mass is 9.78. The van der Waals surface area contributed by atoms with Crippen LogP contribution in [0.15, 0.2) is 182 Å². The SMILES string of the molecule is CCC1Nc2ccccc2N1c1ccc(-c2ccccc2-c2ccccc2C2C=CC=CC2c2nc(-c3ccccc3)nc(-c3ccccc3)n2)cc1. The lowest BCUT2D eigenvalue weighted by Crippen LogP contribution is -2.30. The smallest absolute Gasteiger partial charge is 0.163 e. The van der Waals surface area contributed by atoms with Gasteiger partial charge in [0.15, 0.2) is 11.6 Å². The van der Waals surface area contributed by atoms with Gasteiger partial charge >= 0.3 is 0 Å². The third-order valence-electron chi connectivity index (χ3n) is 10.3. The molecule has 1 aliphatic heterocycles. The van der Waals surface area contributed by atoms with E-state index in [1.54, 1.807) is 0 Å². The van der Waals surface area contributed by atoms with Crippen LogP contribution in [0.25, 0.3) is 45.0 Å². The summed E-state index contributed by atoms with van der Waals surface area (Å²) in [6.45, 7) is 2.23. The zero-order valence-electron chi connectivity index (χ0n) is 29.5. The van der Waals surface area contributed by atoms with E-state index >= 15 is 0 Å². The second-order valence-corrected chi connectivity index (χ2v) is 13.5. The molecule has 53 heavy (non-hydrogen) atoms. The van der Waals surface area contributed by atoms with Crippen molar-refractivity contribution in [1.82, 2.24) is 15.0 Å². The predicted octanol–water partition coefficient (Wildman–Crippen LogP) is 11.8. The summed E-state index contributed by atoms with van der Waals surface area (Å²) < 4.78 is 0. The predicted molar refractivity (Wildman–Crippen MR) is 218 cm³/mol. The second kappa shape index (κ2) is 14.2. The molecule has 3 unspecified atom stereocenters. The van der Waals surface area contributed by atoms with Crippen LogP contribution in [0.1, 0.15) is 36.6 Å². The fourth-order valence-corrected chi connectivity index (χ4v) is 7.75. The molecule has 1 aromatic heterocycles. The van der Waals surface area contributed by atoms with E-state index in [9.17, 15) is 0 Å². The van der Waals surface area contributed by atoms with Crippen LogP contribution in [0.3, 0.4) is 0 Å². The van der Waals surface area contributed by atoms with E-state index in [1.165, 1.54) is 44.9 Å². The van der Waals surface area contributed by atoms with Crippen LogP contribution in [0.2, 0.25) is 0 Å². The van der Waals surface area contributed by atoms with Gasteiger partial charge in [-0.15, -0.1) is 0 Å². The molecule has 6 aromatic carbocycles. The molecule has 0 spiro atoms. The minimum Gasteiger partial charge on any atom is -0.363 e. The second-order valence-electron chi connectivity index (χ2n) is 13.5. The number of hydrogen-bond donors (Lipinski definition) is 1. The first kappa shape index (κ1) is 32.3. The van der Waals surface area contributed by atoms with Gasteiger partial charge in [0.05, 0.1) is 11.4 Å². The van der Waals surface area contributed by atoms with Gasteiger partial charge in [0, 0.05) is 28.7 Å². The molecule has 0 saturated carbocycles. The monoisotopic (exact) mass is 685 g/mol. The molecule has 256 valence electrons. The zero-order valence-corrected chi connectivity index (χ0v) is 29.5. The van der Waals surface area contributed by atoms with Gasteiger partial charge in [0.25, 0.3) is 0 Å². The first-order valence-corrected chi connectivity index (χ1v) is 18.4. The average Bonchev–Trinajstić information content (AvgIpc) is 3.63. The molecule has 2 heterocycles. The topological polar surface area (TPSA) is 53.9 Å². The van der Waals surface area contributed by atoms with Gasteiger partial charge in [0.2, 0.25) is 0 Å². The fraction of sp³-hybridized carbons (Fsp3) is 0.104. The number of aromatic nitrogens is 3. The molecule has 1 N–H and O–H groups in total. The van der Waals surface area contributed by atoms with Gasteiger partial charge < -0.3 is 10.2 Å². The molecule has 7 aromatic rings. The van der Waals surface area contributed by atoms with Crippen LogP contribution in [0, 0.1) is 0 Å². The summed E-state index contributed by atoms with van der Waals surface area (Å²) in [5.74, 6) is 2.03. The highest BCUT2D eigenvalue weighted by Crippen LogP contribution is 2.45. The number of anilines is 3. The summed E-state index contributed by atoms with van der Waals surface area (Å²) in [6.07, 6.45) is 10.0. The number of nitrogens with zero attached hydrogens (tertiary/aromatic N) is 4. The van der Waals surface area contributed by atoms with E-state index < -0.39 is 0 Å². The third kappa shape index (κ3) is 6.21. The first-order chi connectivity index (χ1) is 26.2. The van der Waals surface area contributed by atoms with Crippen LogP contribution in [-0.4, -0.2) is 21.1 Å². The van der Waals surface area contributed by atoms with Crippen molar-refractivity contribution in [3.8, 4) is 45.0 Å². The van der Waals surface area contributed by atoms with Crippen LogP contribution in [-0.2, 0) is 0 Å². The molecule has 5 heteroatoms. The van der Waals surface area contributed by atoms with E-state index in [4.69, 9.17) is 15.0 Å². The Hall–Kier alpha value is -6.59. The molecule has 0 saturated heterocycles. The highest BCUT2D eigenvalue weighted by Gasteiger charge is 2.30. The summed E-state index contributed by atoms with van der Waals surface area (Å²) in [5, 5.41) is 3.69. The molecule has 0 bridgehead atoms.